The van der Waals surface area contributed by atoms with Gasteiger partial charge in [0.15, 0.2) is 9.84 Å². The second-order valence-electron chi connectivity index (χ2n) is 2.12. The van der Waals surface area contributed by atoms with Gasteiger partial charge in [-0.2, -0.15) is 0 Å². The fourth-order valence-corrected chi connectivity index (χ4v) is 1.65. The van der Waals surface area contributed by atoms with E-state index in [9.17, 15) is 17.2 Å². The van der Waals surface area contributed by atoms with E-state index in [1.54, 1.807) is 0 Å². The lowest BCUT2D eigenvalue weighted by Crippen LogP contribution is -2.19. The summed E-state index contributed by atoms with van der Waals surface area (Å²) in [5, 5.41) is 0. The van der Waals surface area contributed by atoms with Crippen molar-refractivity contribution in [2.24, 2.45) is 5.73 Å². The van der Waals surface area contributed by atoms with Crippen LogP contribution in [-0.4, -0.2) is 32.9 Å². The van der Waals surface area contributed by atoms with E-state index >= 15 is 0 Å². The first-order valence-corrected chi connectivity index (χ1v) is 4.98. The van der Waals surface area contributed by atoms with Crippen LogP contribution in [0.5, 0.6) is 0 Å². The molecule has 0 aliphatic carbocycles. The smallest absolute Gasteiger partial charge is 0.239 e. The zero-order valence-corrected chi connectivity index (χ0v) is 6.78. The quantitative estimate of drug-likeness (QED) is 0.659. The van der Waals surface area contributed by atoms with Crippen molar-refractivity contribution in [1.82, 2.24) is 0 Å². The number of rotatable bonds is 5. The van der Waals surface area contributed by atoms with Crippen LogP contribution in [-0.2, 0) is 9.84 Å². The van der Waals surface area contributed by atoms with Gasteiger partial charge < -0.3 is 5.73 Å². The summed E-state index contributed by atoms with van der Waals surface area (Å²) in [4.78, 5) is 0. The summed E-state index contributed by atoms with van der Waals surface area (Å²) < 4.78 is 44.5. The Kier molecular flexibility index (Phi) is 4.51. The first-order valence-electron chi connectivity index (χ1n) is 3.16. The molecule has 0 aromatic rings. The molecule has 0 rings (SSSR count). The fourth-order valence-electron chi connectivity index (χ4n) is 0.550. The third-order valence-electron chi connectivity index (χ3n) is 1.08. The van der Waals surface area contributed by atoms with Crippen LogP contribution in [0.4, 0.5) is 8.78 Å². The molecule has 0 aromatic carbocycles. The second kappa shape index (κ2) is 4.61. The van der Waals surface area contributed by atoms with Crippen LogP contribution >= 0.6 is 0 Å². The molecule has 68 valence electrons. The Labute approximate surface area is 64.5 Å². The van der Waals surface area contributed by atoms with Gasteiger partial charge in [0.25, 0.3) is 0 Å². The maximum atomic E-state index is 11.5. The predicted molar refractivity (Wildman–Crippen MR) is 38.3 cm³/mol. The molecule has 0 unspecified atom stereocenters. The van der Waals surface area contributed by atoms with Crippen molar-refractivity contribution < 1.29 is 17.2 Å². The van der Waals surface area contributed by atoms with Crippen LogP contribution in [0.3, 0.4) is 0 Å². The first kappa shape index (κ1) is 10.8. The van der Waals surface area contributed by atoms with Gasteiger partial charge in [-0.05, 0) is 0 Å². The topological polar surface area (TPSA) is 60.2 Å². The molecule has 0 fully saturated rings. The SMILES string of the molecule is NCCS(=O)(=O)CCC(F)F. The Morgan fingerprint density at radius 3 is 2.18 bits per heavy atom. The largest absolute Gasteiger partial charge is 0.329 e. The van der Waals surface area contributed by atoms with Crippen LogP contribution in [0, 0.1) is 0 Å². The van der Waals surface area contributed by atoms with Crippen molar-refractivity contribution in [3.8, 4) is 0 Å². The average Bonchev–Trinajstić information content (AvgIpc) is 1.84. The predicted octanol–water partition coefficient (Wildman–Crippen LogP) is 0.0151. The van der Waals surface area contributed by atoms with Gasteiger partial charge in [-0.3, -0.25) is 0 Å². The lowest BCUT2D eigenvalue weighted by Gasteiger charge is -2.00. The fraction of sp³-hybridized carbons (Fsp3) is 1.00. The highest BCUT2D eigenvalue weighted by Crippen LogP contribution is 2.02. The van der Waals surface area contributed by atoms with Crippen molar-refractivity contribution in [1.29, 1.82) is 0 Å². The number of hydrogen-bond acceptors (Lipinski definition) is 3. The van der Waals surface area contributed by atoms with Gasteiger partial charge >= 0.3 is 0 Å². The minimum absolute atomic E-state index is 0.00836. The monoisotopic (exact) mass is 187 g/mol. The van der Waals surface area contributed by atoms with E-state index in [4.69, 9.17) is 5.73 Å². The molecule has 0 radical (unpaired) electrons. The van der Waals surface area contributed by atoms with Crippen molar-refractivity contribution in [2.45, 2.75) is 12.8 Å². The molecule has 0 atom stereocenters. The van der Waals surface area contributed by atoms with Gasteiger partial charge in [0, 0.05) is 13.0 Å². The van der Waals surface area contributed by atoms with E-state index in [1.165, 1.54) is 0 Å². The molecule has 0 aromatic heterocycles. The Balaban J connectivity index is 3.74. The normalized spacial score (nSPS) is 12.4. The van der Waals surface area contributed by atoms with Gasteiger partial charge in [-0.25, -0.2) is 17.2 Å². The van der Waals surface area contributed by atoms with Crippen LogP contribution in [0.1, 0.15) is 6.42 Å². The van der Waals surface area contributed by atoms with Gasteiger partial charge in [0.05, 0.1) is 11.5 Å². The Morgan fingerprint density at radius 2 is 1.82 bits per heavy atom. The number of hydrogen-bond donors (Lipinski definition) is 1. The standard InChI is InChI=1S/C5H11F2NO2S/c6-5(7)1-3-11(9,10)4-2-8/h5H,1-4,8H2. The highest BCUT2D eigenvalue weighted by molar-refractivity contribution is 7.91. The van der Waals surface area contributed by atoms with Gasteiger partial charge in [-0.15, -0.1) is 0 Å². The molecule has 6 heteroatoms. The third-order valence-corrected chi connectivity index (χ3v) is 2.79. The summed E-state index contributed by atoms with van der Waals surface area (Å²) in [5.74, 6) is -0.679. The molecular formula is C5H11F2NO2S. The zero-order chi connectivity index (χ0) is 8.91. The van der Waals surface area contributed by atoms with Crippen LogP contribution < -0.4 is 5.73 Å². The summed E-state index contributed by atoms with van der Waals surface area (Å²) in [5.41, 5.74) is 4.95. The molecule has 11 heavy (non-hydrogen) atoms. The summed E-state index contributed by atoms with van der Waals surface area (Å²) in [6.45, 7) is -0.00836. The van der Waals surface area contributed by atoms with Crippen LogP contribution in [0.15, 0.2) is 0 Å². The average molecular weight is 187 g/mol. The molecule has 0 heterocycles. The molecule has 0 aliphatic rings. The number of sulfone groups is 1. The number of nitrogens with two attached hydrogens (primary N) is 1. The molecule has 0 spiro atoms. The van der Waals surface area contributed by atoms with E-state index < -0.39 is 28.4 Å². The van der Waals surface area contributed by atoms with Crippen molar-refractivity contribution >= 4 is 9.84 Å². The molecule has 0 saturated heterocycles. The second-order valence-corrected chi connectivity index (χ2v) is 4.42. The Bertz CT molecular complexity index is 191. The first-order chi connectivity index (χ1) is 4.98. The molecule has 0 amide bonds. The Hall–Kier alpha value is -0.230. The third kappa shape index (κ3) is 6.18. The van der Waals surface area contributed by atoms with E-state index in [-0.39, 0.29) is 12.3 Å². The Morgan fingerprint density at radius 1 is 1.27 bits per heavy atom. The number of alkyl halides is 2. The van der Waals surface area contributed by atoms with Gasteiger partial charge in [-0.1, -0.05) is 0 Å². The highest BCUT2D eigenvalue weighted by Gasteiger charge is 2.12. The maximum absolute atomic E-state index is 11.5. The number of halogens is 2. The van der Waals surface area contributed by atoms with Crippen LogP contribution in [0.25, 0.3) is 0 Å². The lowest BCUT2D eigenvalue weighted by molar-refractivity contribution is 0.145. The summed E-state index contributed by atoms with van der Waals surface area (Å²) in [6.07, 6.45) is -3.15. The summed E-state index contributed by atoms with van der Waals surface area (Å²) in [6, 6.07) is 0. The van der Waals surface area contributed by atoms with E-state index in [0.717, 1.165) is 0 Å². The van der Waals surface area contributed by atoms with Gasteiger partial charge in [0.1, 0.15) is 0 Å². The van der Waals surface area contributed by atoms with E-state index in [2.05, 4.69) is 0 Å². The lowest BCUT2D eigenvalue weighted by atomic mass is 10.5. The maximum Gasteiger partial charge on any atom is 0.239 e. The van der Waals surface area contributed by atoms with Gasteiger partial charge in [0.2, 0.25) is 6.43 Å². The highest BCUT2D eigenvalue weighted by atomic mass is 32.2. The summed E-state index contributed by atoms with van der Waals surface area (Å²) >= 11 is 0. The zero-order valence-electron chi connectivity index (χ0n) is 5.96. The molecule has 2 N–H and O–H groups in total. The van der Waals surface area contributed by atoms with Crippen molar-refractivity contribution in [3.63, 3.8) is 0 Å². The van der Waals surface area contributed by atoms with Crippen molar-refractivity contribution in [2.75, 3.05) is 18.1 Å². The molecule has 3 nitrogen and oxygen atoms in total. The van der Waals surface area contributed by atoms with E-state index in [0.29, 0.717) is 0 Å². The molecular weight excluding hydrogens is 176 g/mol. The van der Waals surface area contributed by atoms with E-state index in [1.807, 2.05) is 0 Å². The summed E-state index contributed by atoms with van der Waals surface area (Å²) in [7, 11) is -3.33. The molecule has 0 bridgehead atoms. The minimum atomic E-state index is -3.33. The molecule has 0 saturated carbocycles. The van der Waals surface area contributed by atoms with Crippen molar-refractivity contribution in [3.05, 3.63) is 0 Å². The minimum Gasteiger partial charge on any atom is -0.329 e. The molecule has 0 aliphatic heterocycles. The van der Waals surface area contributed by atoms with Crippen LogP contribution in [0.2, 0.25) is 0 Å².